The van der Waals surface area contributed by atoms with E-state index in [4.69, 9.17) is 0 Å². The number of amides is 2. The summed E-state index contributed by atoms with van der Waals surface area (Å²) in [7, 11) is 3.91. The fourth-order valence-electron chi connectivity index (χ4n) is 3.65. The Balaban J connectivity index is 1.62. The van der Waals surface area contributed by atoms with Crippen molar-refractivity contribution in [1.29, 1.82) is 0 Å². The average Bonchev–Trinajstić information content (AvgIpc) is 2.92. The molecule has 0 aromatic heterocycles. The zero-order valence-electron chi connectivity index (χ0n) is 15.1. The number of aliphatic imine (C=N–C) groups is 1. The molecule has 1 unspecified atom stereocenters. The van der Waals surface area contributed by atoms with Crippen LogP contribution >= 0.6 is 0 Å². The van der Waals surface area contributed by atoms with E-state index in [1.165, 1.54) is 0 Å². The number of fused-ring (bicyclic) bond motifs is 1. The second-order valence-electron chi connectivity index (χ2n) is 7.00. The Bertz CT molecular complexity index is 941. The van der Waals surface area contributed by atoms with E-state index in [1.54, 1.807) is 24.3 Å². The average molecular weight is 361 g/mol. The Kier molecular flexibility index (Phi) is 4.11. The lowest BCUT2D eigenvalue weighted by Crippen LogP contribution is -2.38. The summed E-state index contributed by atoms with van der Waals surface area (Å²) >= 11 is 0. The topological polar surface area (TPSA) is 78.8 Å². The summed E-state index contributed by atoms with van der Waals surface area (Å²) in [6, 6.07) is 13.7. The molecule has 6 heteroatoms. The van der Waals surface area contributed by atoms with E-state index in [9.17, 15) is 14.4 Å². The fourth-order valence-corrected chi connectivity index (χ4v) is 3.65. The van der Waals surface area contributed by atoms with E-state index < -0.39 is 11.9 Å². The predicted molar refractivity (Wildman–Crippen MR) is 103 cm³/mol. The molecule has 27 heavy (non-hydrogen) atoms. The molecule has 136 valence electrons. The number of anilines is 1. The van der Waals surface area contributed by atoms with Gasteiger partial charge in [-0.1, -0.05) is 36.4 Å². The van der Waals surface area contributed by atoms with Crippen LogP contribution in [0.2, 0.25) is 0 Å². The lowest BCUT2D eigenvalue weighted by molar-refractivity contribution is 0.0882. The second kappa shape index (κ2) is 6.46. The highest BCUT2D eigenvalue weighted by molar-refractivity contribution is 6.37. The molecule has 0 saturated heterocycles. The minimum atomic E-state index is -0.989. The van der Waals surface area contributed by atoms with Gasteiger partial charge in [0.15, 0.2) is 11.6 Å². The van der Waals surface area contributed by atoms with Crippen LogP contribution in [0.1, 0.15) is 38.7 Å². The van der Waals surface area contributed by atoms with Gasteiger partial charge in [0.25, 0.3) is 0 Å². The number of hydrogen-bond donors (Lipinski definition) is 1. The molecule has 1 aliphatic heterocycles. The summed E-state index contributed by atoms with van der Waals surface area (Å²) in [4.78, 5) is 43.6. The normalized spacial score (nSPS) is 19.6. The fraction of sp³-hybridized carbons (Fsp3) is 0.238. The van der Waals surface area contributed by atoms with Crippen LogP contribution in [0.15, 0.2) is 53.5 Å². The third kappa shape index (κ3) is 2.93. The number of nitrogens with one attached hydrogen (secondary N) is 1. The molecule has 0 fully saturated rings. The van der Waals surface area contributed by atoms with Gasteiger partial charge in [-0.15, -0.1) is 0 Å². The summed E-state index contributed by atoms with van der Waals surface area (Å²) in [5.41, 5.74) is 3.12. The van der Waals surface area contributed by atoms with Crippen LogP contribution in [0.25, 0.3) is 0 Å². The Labute approximate surface area is 156 Å². The third-order valence-corrected chi connectivity index (χ3v) is 5.08. The number of hydrogen-bond acceptors (Lipinski definition) is 4. The summed E-state index contributed by atoms with van der Waals surface area (Å²) in [5, 5.41) is 2.82. The van der Waals surface area contributed by atoms with E-state index in [1.807, 2.05) is 43.3 Å². The van der Waals surface area contributed by atoms with Crippen LogP contribution in [0, 0.1) is 5.92 Å². The number of ketones is 2. The third-order valence-electron chi connectivity index (χ3n) is 5.08. The van der Waals surface area contributed by atoms with Gasteiger partial charge >= 0.3 is 6.03 Å². The minimum absolute atomic E-state index is 0.272. The summed E-state index contributed by atoms with van der Waals surface area (Å²) < 4.78 is 0. The molecule has 0 saturated carbocycles. The van der Waals surface area contributed by atoms with Crippen LogP contribution in [0.3, 0.4) is 0 Å². The van der Waals surface area contributed by atoms with Crippen molar-refractivity contribution in [3.63, 3.8) is 0 Å². The SMILES string of the molecule is CN(C)c1ccc(C2CC(C3C(=O)c4ccccc4C3=O)=NC(=O)N2)cc1. The number of urea groups is 1. The Morgan fingerprint density at radius 2 is 1.52 bits per heavy atom. The van der Waals surface area contributed by atoms with Gasteiger partial charge in [0.2, 0.25) is 0 Å². The molecule has 6 nitrogen and oxygen atoms in total. The summed E-state index contributed by atoms with van der Waals surface area (Å²) in [5.74, 6) is -1.53. The molecule has 2 aromatic carbocycles. The molecule has 1 heterocycles. The molecule has 1 atom stereocenters. The van der Waals surface area contributed by atoms with Gasteiger partial charge in [-0.2, -0.15) is 0 Å². The Hall–Kier alpha value is -3.28. The number of rotatable bonds is 3. The molecule has 4 rings (SSSR count). The molecule has 2 aromatic rings. The van der Waals surface area contributed by atoms with Gasteiger partial charge in [-0.3, -0.25) is 9.59 Å². The second-order valence-corrected chi connectivity index (χ2v) is 7.00. The van der Waals surface area contributed by atoms with Crippen molar-refractivity contribution in [3.8, 4) is 0 Å². The highest BCUT2D eigenvalue weighted by Gasteiger charge is 2.43. The molecule has 0 bridgehead atoms. The van der Waals surface area contributed by atoms with Crippen LogP contribution < -0.4 is 10.2 Å². The quantitative estimate of drug-likeness (QED) is 0.852. The minimum Gasteiger partial charge on any atom is -0.378 e. The first-order valence-corrected chi connectivity index (χ1v) is 8.78. The standard InChI is InChI=1S/C21H19N3O3/c1-24(2)13-9-7-12(8-10-13)16-11-17(23-21(27)22-16)18-19(25)14-5-3-4-6-15(14)20(18)26/h3-10,16,18H,11H2,1-2H3,(H,22,27). The van der Waals surface area contributed by atoms with Gasteiger partial charge in [0, 0.05) is 43.0 Å². The smallest absolute Gasteiger partial charge is 0.341 e. The van der Waals surface area contributed by atoms with Crippen LogP contribution in [0.5, 0.6) is 0 Å². The van der Waals surface area contributed by atoms with Crippen molar-refractivity contribution >= 4 is 29.0 Å². The number of Topliss-reactive ketones (excluding diaryl/α,β-unsaturated/α-hetero) is 2. The lowest BCUT2D eigenvalue weighted by Gasteiger charge is -2.25. The molecule has 1 N–H and O–H groups in total. The molecular formula is C21H19N3O3. The van der Waals surface area contributed by atoms with Gasteiger partial charge < -0.3 is 10.2 Å². The Morgan fingerprint density at radius 3 is 2.07 bits per heavy atom. The van der Waals surface area contributed by atoms with E-state index in [0.29, 0.717) is 23.3 Å². The maximum absolute atomic E-state index is 12.7. The van der Waals surface area contributed by atoms with E-state index in [0.717, 1.165) is 11.3 Å². The first-order chi connectivity index (χ1) is 13.0. The van der Waals surface area contributed by atoms with Crippen molar-refractivity contribution in [2.45, 2.75) is 12.5 Å². The van der Waals surface area contributed by atoms with Gasteiger partial charge in [0.05, 0.1) is 6.04 Å². The molecule has 2 aliphatic rings. The number of nitrogens with zero attached hydrogens (tertiary/aromatic N) is 2. The number of carbonyl (C=O) groups is 3. The highest BCUT2D eigenvalue weighted by atomic mass is 16.2. The molecule has 0 spiro atoms. The van der Waals surface area contributed by atoms with E-state index in [-0.39, 0.29) is 17.6 Å². The van der Waals surface area contributed by atoms with Gasteiger partial charge in [0.1, 0.15) is 5.92 Å². The van der Waals surface area contributed by atoms with Crippen molar-refractivity contribution in [1.82, 2.24) is 5.32 Å². The molecule has 1 aliphatic carbocycles. The van der Waals surface area contributed by atoms with Crippen LogP contribution in [-0.2, 0) is 0 Å². The highest BCUT2D eigenvalue weighted by Crippen LogP contribution is 2.32. The maximum atomic E-state index is 12.7. The first kappa shape index (κ1) is 17.1. The molecular weight excluding hydrogens is 342 g/mol. The summed E-state index contributed by atoms with van der Waals surface area (Å²) in [6.07, 6.45) is 0.336. The predicted octanol–water partition coefficient (Wildman–Crippen LogP) is 3.04. The zero-order valence-corrected chi connectivity index (χ0v) is 15.1. The number of benzene rings is 2. The zero-order chi connectivity index (χ0) is 19.1. The Morgan fingerprint density at radius 1 is 0.926 bits per heavy atom. The van der Waals surface area contributed by atoms with Gasteiger partial charge in [-0.05, 0) is 17.7 Å². The largest absolute Gasteiger partial charge is 0.378 e. The molecule has 0 radical (unpaired) electrons. The summed E-state index contributed by atoms with van der Waals surface area (Å²) in [6.45, 7) is 0. The van der Waals surface area contributed by atoms with Crippen LogP contribution in [-0.4, -0.2) is 37.4 Å². The van der Waals surface area contributed by atoms with E-state index in [2.05, 4.69) is 10.3 Å². The van der Waals surface area contributed by atoms with Crippen molar-refractivity contribution in [2.24, 2.45) is 10.9 Å². The molecule has 2 amide bonds. The monoisotopic (exact) mass is 361 g/mol. The van der Waals surface area contributed by atoms with Crippen LogP contribution in [0.4, 0.5) is 10.5 Å². The van der Waals surface area contributed by atoms with Crippen molar-refractivity contribution in [3.05, 3.63) is 65.2 Å². The first-order valence-electron chi connectivity index (χ1n) is 8.78. The maximum Gasteiger partial charge on any atom is 0.341 e. The van der Waals surface area contributed by atoms with Crippen molar-refractivity contribution in [2.75, 3.05) is 19.0 Å². The van der Waals surface area contributed by atoms with Gasteiger partial charge in [-0.25, -0.2) is 9.79 Å². The number of carbonyl (C=O) groups excluding carboxylic acids is 3. The lowest BCUT2D eigenvalue weighted by atomic mass is 9.89. The van der Waals surface area contributed by atoms with E-state index >= 15 is 0 Å². The van der Waals surface area contributed by atoms with Crippen molar-refractivity contribution < 1.29 is 14.4 Å².